The Balaban J connectivity index is 2.31. The van der Waals surface area contributed by atoms with Crippen molar-refractivity contribution in [1.82, 2.24) is 9.97 Å². The average molecular weight is 219 g/mol. The SMILES string of the molecule is CCC(CC)c1cc(CN)nc(C2CC2)n1. The molecule has 1 aliphatic rings. The number of nitrogens with zero attached hydrogens (tertiary/aromatic N) is 2. The van der Waals surface area contributed by atoms with Crippen molar-refractivity contribution >= 4 is 0 Å². The number of aromatic nitrogens is 2. The van der Waals surface area contributed by atoms with Gasteiger partial charge in [0, 0.05) is 24.1 Å². The van der Waals surface area contributed by atoms with Crippen molar-refractivity contribution in [2.24, 2.45) is 5.73 Å². The molecule has 16 heavy (non-hydrogen) atoms. The van der Waals surface area contributed by atoms with Crippen LogP contribution in [-0.2, 0) is 6.54 Å². The van der Waals surface area contributed by atoms with Gasteiger partial charge >= 0.3 is 0 Å². The highest BCUT2D eigenvalue weighted by molar-refractivity contribution is 5.18. The van der Waals surface area contributed by atoms with Gasteiger partial charge in [-0.25, -0.2) is 9.97 Å². The third-order valence-corrected chi connectivity index (χ3v) is 3.37. The molecule has 0 saturated heterocycles. The minimum Gasteiger partial charge on any atom is -0.325 e. The van der Waals surface area contributed by atoms with Crippen molar-refractivity contribution in [3.05, 3.63) is 23.3 Å². The minimum atomic E-state index is 0.523. The zero-order valence-corrected chi connectivity index (χ0v) is 10.2. The Morgan fingerprint density at radius 3 is 2.50 bits per heavy atom. The lowest BCUT2D eigenvalue weighted by Crippen LogP contribution is -2.09. The van der Waals surface area contributed by atoms with Crippen LogP contribution in [0.2, 0.25) is 0 Å². The van der Waals surface area contributed by atoms with Crippen LogP contribution in [-0.4, -0.2) is 9.97 Å². The van der Waals surface area contributed by atoms with Gasteiger partial charge in [0.05, 0.1) is 5.69 Å². The molecule has 3 nitrogen and oxygen atoms in total. The zero-order valence-electron chi connectivity index (χ0n) is 10.2. The van der Waals surface area contributed by atoms with Crippen molar-refractivity contribution in [2.45, 2.75) is 57.9 Å². The van der Waals surface area contributed by atoms with Gasteiger partial charge in [0.25, 0.3) is 0 Å². The first-order valence-corrected chi connectivity index (χ1v) is 6.36. The summed E-state index contributed by atoms with van der Waals surface area (Å²) in [4.78, 5) is 9.25. The molecule has 2 rings (SSSR count). The quantitative estimate of drug-likeness (QED) is 0.828. The first kappa shape index (κ1) is 11.5. The molecule has 1 fully saturated rings. The maximum absolute atomic E-state index is 5.70. The molecular weight excluding hydrogens is 198 g/mol. The van der Waals surface area contributed by atoms with Gasteiger partial charge in [-0.1, -0.05) is 13.8 Å². The number of rotatable bonds is 5. The standard InChI is InChI=1S/C13H21N3/c1-3-9(4-2)12-7-11(8-14)15-13(16-12)10-5-6-10/h7,9-10H,3-6,8,14H2,1-2H3. The summed E-state index contributed by atoms with van der Waals surface area (Å²) in [6.07, 6.45) is 4.77. The molecule has 1 aromatic rings. The van der Waals surface area contributed by atoms with E-state index in [1.54, 1.807) is 0 Å². The maximum atomic E-state index is 5.70. The van der Waals surface area contributed by atoms with Crippen LogP contribution in [0, 0.1) is 0 Å². The molecular formula is C13H21N3. The van der Waals surface area contributed by atoms with E-state index in [9.17, 15) is 0 Å². The van der Waals surface area contributed by atoms with E-state index >= 15 is 0 Å². The monoisotopic (exact) mass is 219 g/mol. The third-order valence-electron chi connectivity index (χ3n) is 3.37. The van der Waals surface area contributed by atoms with Gasteiger partial charge in [-0.15, -0.1) is 0 Å². The van der Waals surface area contributed by atoms with Gasteiger partial charge in [0.2, 0.25) is 0 Å². The van der Waals surface area contributed by atoms with Crippen LogP contribution >= 0.6 is 0 Å². The van der Waals surface area contributed by atoms with Crippen LogP contribution in [0.1, 0.15) is 68.6 Å². The van der Waals surface area contributed by atoms with E-state index in [2.05, 4.69) is 24.9 Å². The molecule has 0 aliphatic heterocycles. The van der Waals surface area contributed by atoms with Crippen LogP contribution in [0.5, 0.6) is 0 Å². The van der Waals surface area contributed by atoms with Gasteiger partial charge < -0.3 is 5.73 Å². The Kier molecular flexibility index (Phi) is 3.54. The summed E-state index contributed by atoms with van der Waals surface area (Å²) in [5.74, 6) is 2.20. The molecule has 3 heteroatoms. The maximum Gasteiger partial charge on any atom is 0.132 e. The molecule has 1 aliphatic carbocycles. The molecule has 0 amide bonds. The smallest absolute Gasteiger partial charge is 0.132 e. The van der Waals surface area contributed by atoms with E-state index < -0.39 is 0 Å². The second kappa shape index (κ2) is 4.91. The fraction of sp³-hybridized carbons (Fsp3) is 0.692. The third kappa shape index (κ3) is 2.40. The molecule has 88 valence electrons. The van der Waals surface area contributed by atoms with Gasteiger partial charge in [-0.3, -0.25) is 0 Å². The predicted molar refractivity (Wildman–Crippen MR) is 65.2 cm³/mol. The Morgan fingerprint density at radius 1 is 1.31 bits per heavy atom. The fourth-order valence-corrected chi connectivity index (χ4v) is 2.08. The van der Waals surface area contributed by atoms with E-state index in [1.807, 2.05) is 0 Å². The first-order valence-electron chi connectivity index (χ1n) is 6.36. The summed E-state index contributed by atoms with van der Waals surface area (Å²) < 4.78 is 0. The molecule has 1 heterocycles. The molecule has 0 atom stereocenters. The molecule has 0 unspecified atom stereocenters. The Hall–Kier alpha value is -0.960. The van der Waals surface area contributed by atoms with Crippen molar-refractivity contribution < 1.29 is 0 Å². The van der Waals surface area contributed by atoms with Crippen LogP contribution < -0.4 is 5.73 Å². The summed E-state index contributed by atoms with van der Waals surface area (Å²) in [7, 11) is 0. The summed E-state index contributed by atoms with van der Waals surface area (Å²) in [6.45, 7) is 4.96. The largest absolute Gasteiger partial charge is 0.325 e. The summed E-state index contributed by atoms with van der Waals surface area (Å²) in [5, 5.41) is 0. The van der Waals surface area contributed by atoms with E-state index in [0.717, 1.165) is 24.4 Å². The second-order valence-electron chi connectivity index (χ2n) is 4.63. The lowest BCUT2D eigenvalue weighted by molar-refractivity contribution is 0.612. The van der Waals surface area contributed by atoms with E-state index in [0.29, 0.717) is 18.4 Å². The van der Waals surface area contributed by atoms with Crippen LogP contribution in [0.15, 0.2) is 6.07 Å². The number of hydrogen-bond donors (Lipinski definition) is 1. The Morgan fingerprint density at radius 2 is 2.00 bits per heavy atom. The topological polar surface area (TPSA) is 51.8 Å². The van der Waals surface area contributed by atoms with Crippen molar-refractivity contribution in [2.75, 3.05) is 0 Å². The molecule has 0 radical (unpaired) electrons. The van der Waals surface area contributed by atoms with Crippen molar-refractivity contribution in [1.29, 1.82) is 0 Å². The van der Waals surface area contributed by atoms with Gasteiger partial charge in [0.15, 0.2) is 0 Å². The van der Waals surface area contributed by atoms with Crippen LogP contribution in [0.25, 0.3) is 0 Å². The lowest BCUT2D eigenvalue weighted by Gasteiger charge is -2.14. The fourth-order valence-electron chi connectivity index (χ4n) is 2.08. The predicted octanol–water partition coefficient (Wildman–Crippen LogP) is 2.72. The normalized spacial score (nSPS) is 15.8. The van der Waals surface area contributed by atoms with E-state index in [-0.39, 0.29) is 0 Å². The average Bonchev–Trinajstić information content (AvgIpc) is 3.14. The molecule has 1 saturated carbocycles. The summed E-state index contributed by atoms with van der Waals surface area (Å²) in [6, 6.07) is 2.09. The molecule has 2 N–H and O–H groups in total. The molecule has 0 spiro atoms. The van der Waals surface area contributed by atoms with Crippen LogP contribution in [0.4, 0.5) is 0 Å². The van der Waals surface area contributed by atoms with Crippen molar-refractivity contribution in [3.8, 4) is 0 Å². The Labute approximate surface area is 97.5 Å². The lowest BCUT2D eigenvalue weighted by atomic mass is 9.98. The first-order chi connectivity index (χ1) is 7.78. The summed E-state index contributed by atoms with van der Waals surface area (Å²) in [5.41, 5.74) is 7.90. The highest BCUT2D eigenvalue weighted by Crippen LogP contribution is 2.38. The highest BCUT2D eigenvalue weighted by Gasteiger charge is 2.27. The van der Waals surface area contributed by atoms with Crippen molar-refractivity contribution in [3.63, 3.8) is 0 Å². The summed E-state index contributed by atoms with van der Waals surface area (Å²) >= 11 is 0. The van der Waals surface area contributed by atoms with Gasteiger partial charge in [-0.2, -0.15) is 0 Å². The van der Waals surface area contributed by atoms with E-state index in [1.165, 1.54) is 18.5 Å². The molecule has 0 bridgehead atoms. The number of hydrogen-bond acceptors (Lipinski definition) is 3. The van der Waals surface area contributed by atoms with Crippen LogP contribution in [0.3, 0.4) is 0 Å². The second-order valence-corrected chi connectivity index (χ2v) is 4.63. The highest BCUT2D eigenvalue weighted by atomic mass is 14.9. The molecule has 0 aromatic carbocycles. The van der Waals surface area contributed by atoms with Gasteiger partial charge in [-0.05, 0) is 31.7 Å². The minimum absolute atomic E-state index is 0.523. The number of nitrogens with two attached hydrogens (primary N) is 1. The zero-order chi connectivity index (χ0) is 11.5. The van der Waals surface area contributed by atoms with Gasteiger partial charge in [0.1, 0.15) is 5.82 Å². The molecule has 1 aromatic heterocycles. The van der Waals surface area contributed by atoms with E-state index in [4.69, 9.17) is 10.7 Å². The Bertz CT molecular complexity index is 354.